The van der Waals surface area contributed by atoms with Gasteiger partial charge in [0.25, 0.3) is 0 Å². The highest BCUT2D eigenvalue weighted by atomic mass is 19.1. The van der Waals surface area contributed by atoms with E-state index in [0.29, 0.717) is 12.2 Å². The summed E-state index contributed by atoms with van der Waals surface area (Å²) in [5, 5.41) is 17.1. The third-order valence-electron chi connectivity index (χ3n) is 2.78. The summed E-state index contributed by atoms with van der Waals surface area (Å²) in [6.07, 6.45) is 1.75. The Kier molecular flexibility index (Phi) is 4.04. The summed E-state index contributed by atoms with van der Waals surface area (Å²) in [5.41, 5.74) is 2.36. The summed E-state index contributed by atoms with van der Waals surface area (Å²) in [6, 6.07) is 6.42. The number of rotatable bonds is 5. The van der Waals surface area contributed by atoms with E-state index in [1.807, 2.05) is 6.07 Å². The summed E-state index contributed by atoms with van der Waals surface area (Å²) in [6.45, 7) is 2.42. The van der Waals surface area contributed by atoms with Gasteiger partial charge < -0.3 is 5.11 Å². The zero-order valence-corrected chi connectivity index (χ0v) is 10.3. The average Bonchev–Trinajstić information content (AvgIpc) is 2.72. The highest BCUT2D eigenvalue weighted by Gasteiger charge is 2.11. The molecule has 1 aromatic carbocycles. The Bertz CT molecular complexity index is 525. The zero-order valence-electron chi connectivity index (χ0n) is 10.3. The minimum absolute atomic E-state index is 0.113. The third kappa shape index (κ3) is 2.73. The van der Waals surface area contributed by atoms with E-state index in [-0.39, 0.29) is 12.4 Å². The number of aromatic nitrogens is 3. The van der Waals surface area contributed by atoms with E-state index >= 15 is 0 Å². The van der Waals surface area contributed by atoms with Gasteiger partial charge in [-0.2, -0.15) is 0 Å². The minimum Gasteiger partial charge on any atom is -0.390 e. The van der Waals surface area contributed by atoms with E-state index in [0.717, 1.165) is 24.1 Å². The van der Waals surface area contributed by atoms with Crippen molar-refractivity contribution >= 4 is 0 Å². The molecule has 1 heterocycles. The van der Waals surface area contributed by atoms with Crippen LogP contribution in [0.2, 0.25) is 0 Å². The lowest BCUT2D eigenvalue weighted by atomic mass is 10.2. The Morgan fingerprint density at radius 3 is 2.89 bits per heavy atom. The number of aliphatic hydroxyl groups excluding tert-OH is 1. The number of aliphatic hydroxyl groups is 1. The van der Waals surface area contributed by atoms with Gasteiger partial charge in [-0.25, -0.2) is 9.07 Å². The smallest absolute Gasteiger partial charge is 0.123 e. The topological polar surface area (TPSA) is 50.9 Å². The van der Waals surface area contributed by atoms with Gasteiger partial charge in [-0.1, -0.05) is 30.7 Å². The molecule has 0 aliphatic heterocycles. The van der Waals surface area contributed by atoms with Gasteiger partial charge in [-0.05, 0) is 24.1 Å². The second kappa shape index (κ2) is 5.73. The lowest BCUT2D eigenvalue weighted by Gasteiger charge is -2.06. The molecule has 1 N–H and O–H groups in total. The van der Waals surface area contributed by atoms with Crippen molar-refractivity contribution in [2.75, 3.05) is 0 Å². The van der Waals surface area contributed by atoms with E-state index in [2.05, 4.69) is 17.2 Å². The molecule has 0 amide bonds. The molecule has 18 heavy (non-hydrogen) atoms. The Hall–Kier alpha value is -1.75. The highest BCUT2D eigenvalue weighted by molar-refractivity contribution is 5.18. The van der Waals surface area contributed by atoms with Gasteiger partial charge in [0.2, 0.25) is 0 Å². The largest absolute Gasteiger partial charge is 0.390 e. The molecule has 0 atom stereocenters. The lowest BCUT2D eigenvalue weighted by molar-refractivity contribution is 0.275. The van der Waals surface area contributed by atoms with Crippen LogP contribution in [-0.4, -0.2) is 20.1 Å². The molecule has 96 valence electrons. The molecule has 1 aromatic heterocycles. The second-order valence-electron chi connectivity index (χ2n) is 4.18. The van der Waals surface area contributed by atoms with Crippen molar-refractivity contribution in [3.8, 4) is 0 Å². The minimum atomic E-state index is -0.257. The maximum Gasteiger partial charge on any atom is 0.123 e. The number of nitrogens with zero attached hydrogens (tertiary/aromatic N) is 3. The van der Waals surface area contributed by atoms with Crippen molar-refractivity contribution in [2.24, 2.45) is 0 Å². The van der Waals surface area contributed by atoms with Crippen LogP contribution in [0, 0.1) is 5.82 Å². The first-order valence-corrected chi connectivity index (χ1v) is 6.01. The predicted octanol–water partition coefficient (Wildman–Crippen LogP) is 1.91. The van der Waals surface area contributed by atoms with Crippen LogP contribution in [0.4, 0.5) is 4.39 Å². The predicted molar refractivity (Wildman–Crippen MR) is 65.4 cm³/mol. The SMILES string of the molecule is CCCc1c(CO)nnn1Cc1cccc(F)c1. The van der Waals surface area contributed by atoms with Crippen LogP contribution in [0.1, 0.15) is 30.3 Å². The van der Waals surface area contributed by atoms with Crippen molar-refractivity contribution in [2.45, 2.75) is 32.9 Å². The van der Waals surface area contributed by atoms with Crippen molar-refractivity contribution in [1.29, 1.82) is 0 Å². The van der Waals surface area contributed by atoms with Gasteiger partial charge in [0.1, 0.15) is 11.5 Å². The van der Waals surface area contributed by atoms with Gasteiger partial charge in [-0.15, -0.1) is 5.10 Å². The molecule has 0 unspecified atom stereocenters. The molecule has 0 aliphatic rings. The highest BCUT2D eigenvalue weighted by Crippen LogP contribution is 2.12. The van der Waals surface area contributed by atoms with Crippen molar-refractivity contribution < 1.29 is 9.50 Å². The van der Waals surface area contributed by atoms with Crippen LogP contribution < -0.4 is 0 Å². The molecule has 0 saturated carbocycles. The van der Waals surface area contributed by atoms with Crippen LogP contribution in [0.25, 0.3) is 0 Å². The first-order valence-electron chi connectivity index (χ1n) is 6.01. The molecular weight excluding hydrogens is 233 g/mol. The second-order valence-corrected chi connectivity index (χ2v) is 4.18. The average molecular weight is 249 g/mol. The number of halogens is 1. The van der Waals surface area contributed by atoms with Crippen LogP contribution in [-0.2, 0) is 19.6 Å². The first-order chi connectivity index (χ1) is 8.74. The van der Waals surface area contributed by atoms with E-state index in [9.17, 15) is 9.50 Å². The van der Waals surface area contributed by atoms with Gasteiger partial charge in [0, 0.05) is 0 Å². The number of benzene rings is 1. The molecule has 0 spiro atoms. The Morgan fingerprint density at radius 2 is 2.22 bits per heavy atom. The van der Waals surface area contributed by atoms with E-state index in [4.69, 9.17) is 0 Å². The lowest BCUT2D eigenvalue weighted by Crippen LogP contribution is -2.07. The van der Waals surface area contributed by atoms with Crippen molar-refractivity contribution in [3.63, 3.8) is 0 Å². The maximum atomic E-state index is 13.1. The molecule has 4 nitrogen and oxygen atoms in total. The Morgan fingerprint density at radius 1 is 1.39 bits per heavy atom. The fourth-order valence-electron chi connectivity index (χ4n) is 1.94. The van der Waals surface area contributed by atoms with Crippen LogP contribution in [0.5, 0.6) is 0 Å². The molecule has 2 aromatic rings. The molecule has 5 heteroatoms. The van der Waals surface area contributed by atoms with Crippen molar-refractivity contribution in [3.05, 3.63) is 47.0 Å². The Balaban J connectivity index is 2.25. The van der Waals surface area contributed by atoms with E-state index in [1.54, 1.807) is 10.7 Å². The monoisotopic (exact) mass is 249 g/mol. The van der Waals surface area contributed by atoms with Crippen LogP contribution in [0.15, 0.2) is 24.3 Å². The van der Waals surface area contributed by atoms with Gasteiger partial charge in [0.05, 0.1) is 18.8 Å². The molecule has 0 saturated heterocycles. The number of hydrogen-bond acceptors (Lipinski definition) is 3. The summed E-state index contributed by atoms with van der Waals surface area (Å²) < 4.78 is 14.8. The van der Waals surface area contributed by atoms with E-state index in [1.165, 1.54) is 12.1 Å². The van der Waals surface area contributed by atoms with Crippen LogP contribution in [0.3, 0.4) is 0 Å². The van der Waals surface area contributed by atoms with Gasteiger partial charge in [-0.3, -0.25) is 0 Å². The zero-order chi connectivity index (χ0) is 13.0. The molecule has 0 radical (unpaired) electrons. The molecule has 0 aliphatic carbocycles. The van der Waals surface area contributed by atoms with Crippen LogP contribution >= 0.6 is 0 Å². The maximum absolute atomic E-state index is 13.1. The molecular formula is C13H16FN3O. The number of hydrogen-bond donors (Lipinski definition) is 1. The quantitative estimate of drug-likeness (QED) is 0.880. The normalized spacial score (nSPS) is 10.8. The van der Waals surface area contributed by atoms with E-state index < -0.39 is 0 Å². The fraction of sp³-hybridized carbons (Fsp3) is 0.385. The van der Waals surface area contributed by atoms with Gasteiger partial charge >= 0.3 is 0 Å². The summed E-state index contributed by atoms with van der Waals surface area (Å²) in [5.74, 6) is -0.257. The third-order valence-corrected chi connectivity index (χ3v) is 2.78. The summed E-state index contributed by atoms with van der Waals surface area (Å²) in [7, 11) is 0. The Labute approximate surface area is 105 Å². The molecule has 0 fully saturated rings. The van der Waals surface area contributed by atoms with Gasteiger partial charge in [0.15, 0.2) is 0 Å². The standard InChI is InChI=1S/C13H16FN3O/c1-2-4-13-12(9-18)15-16-17(13)8-10-5-3-6-11(14)7-10/h3,5-7,18H,2,4,8-9H2,1H3. The molecule has 2 rings (SSSR count). The fourth-order valence-corrected chi connectivity index (χ4v) is 1.94. The summed E-state index contributed by atoms with van der Waals surface area (Å²) in [4.78, 5) is 0. The van der Waals surface area contributed by atoms with Crippen molar-refractivity contribution in [1.82, 2.24) is 15.0 Å². The first kappa shape index (κ1) is 12.7. The molecule has 0 bridgehead atoms. The summed E-state index contributed by atoms with van der Waals surface area (Å²) >= 11 is 0.